The van der Waals surface area contributed by atoms with Crippen molar-refractivity contribution in [1.29, 1.82) is 0 Å². The first-order chi connectivity index (χ1) is 6.07. The summed E-state index contributed by atoms with van der Waals surface area (Å²) in [5.41, 5.74) is -0.731. The number of carbonyl (C=O) groups is 2. The van der Waals surface area contributed by atoms with Crippen LogP contribution in [-0.2, 0) is 0 Å². The molecule has 0 unspecified atom stereocenters. The third-order valence-electron chi connectivity index (χ3n) is 1.62. The number of benzene rings is 1. The molecule has 1 rings (SSSR count). The standard InChI is InChI=1S/C9H6F2O2/c1-5(13)7-3-2-6(4-12)8(10)9(7)11/h2-4H,1H3. The molecule has 0 bridgehead atoms. The molecule has 0 saturated carbocycles. The smallest absolute Gasteiger partial charge is 0.170 e. The van der Waals surface area contributed by atoms with Gasteiger partial charge < -0.3 is 0 Å². The van der Waals surface area contributed by atoms with E-state index < -0.39 is 17.4 Å². The molecule has 4 heteroatoms. The number of Topliss-reactive ketones (excluding diaryl/α,β-unsaturated/α-hetero) is 1. The molecule has 0 fully saturated rings. The van der Waals surface area contributed by atoms with Gasteiger partial charge in [0.15, 0.2) is 23.7 Å². The Labute approximate surface area is 73.2 Å². The van der Waals surface area contributed by atoms with Crippen LogP contribution in [0, 0.1) is 11.6 Å². The highest BCUT2D eigenvalue weighted by molar-refractivity contribution is 5.95. The van der Waals surface area contributed by atoms with Gasteiger partial charge in [-0.15, -0.1) is 0 Å². The van der Waals surface area contributed by atoms with Gasteiger partial charge in [0.25, 0.3) is 0 Å². The van der Waals surface area contributed by atoms with Crippen molar-refractivity contribution in [3.05, 3.63) is 34.9 Å². The lowest BCUT2D eigenvalue weighted by Gasteiger charge is -2.00. The zero-order valence-electron chi connectivity index (χ0n) is 6.80. The molecule has 0 aromatic heterocycles. The molecule has 0 spiro atoms. The molecule has 0 aliphatic heterocycles. The van der Waals surface area contributed by atoms with Crippen LogP contribution in [-0.4, -0.2) is 12.1 Å². The van der Waals surface area contributed by atoms with Gasteiger partial charge in [0.2, 0.25) is 0 Å². The Morgan fingerprint density at radius 2 is 1.92 bits per heavy atom. The van der Waals surface area contributed by atoms with E-state index in [1.165, 1.54) is 0 Å². The fraction of sp³-hybridized carbons (Fsp3) is 0.111. The van der Waals surface area contributed by atoms with E-state index >= 15 is 0 Å². The first kappa shape index (κ1) is 9.51. The maximum absolute atomic E-state index is 12.9. The summed E-state index contributed by atoms with van der Waals surface area (Å²) < 4.78 is 25.8. The topological polar surface area (TPSA) is 34.1 Å². The van der Waals surface area contributed by atoms with E-state index in [1.807, 2.05) is 0 Å². The molecule has 0 atom stereocenters. The number of ketones is 1. The van der Waals surface area contributed by atoms with Gasteiger partial charge in [0.1, 0.15) is 0 Å². The van der Waals surface area contributed by atoms with Crippen LogP contribution in [0.15, 0.2) is 12.1 Å². The van der Waals surface area contributed by atoms with E-state index in [-0.39, 0.29) is 17.4 Å². The Morgan fingerprint density at radius 3 is 2.38 bits per heavy atom. The minimum absolute atomic E-state index is 0.197. The zero-order chi connectivity index (χ0) is 10.0. The Kier molecular flexibility index (Phi) is 2.51. The van der Waals surface area contributed by atoms with E-state index in [9.17, 15) is 18.4 Å². The predicted molar refractivity (Wildman–Crippen MR) is 41.8 cm³/mol. The summed E-state index contributed by atoms with van der Waals surface area (Å²) in [6.45, 7) is 1.12. The highest BCUT2D eigenvalue weighted by Crippen LogP contribution is 2.15. The normalized spacial score (nSPS) is 9.77. The van der Waals surface area contributed by atoms with Gasteiger partial charge in [-0.25, -0.2) is 8.78 Å². The quantitative estimate of drug-likeness (QED) is 0.520. The van der Waals surface area contributed by atoms with Crippen molar-refractivity contribution in [1.82, 2.24) is 0 Å². The molecule has 1 aromatic carbocycles. The van der Waals surface area contributed by atoms with Crippen molar-refractivity contribution in [2.45, 2.75) is 6.92 Å². The lowest BCUT2D eigenvalue weighted by Crippen LogP contribution is -2.02. The molecule has 13 heavy (non-hydrogen) atoms. The Balaban J connectivity index is 3.39. The minimum Gasteiger partial charge on any atom is -0.298 e. The average molecular weight is 184 g/mol. The maximum Gasteiger partial charge on any atom is 0.170 e. The molecule has 0 aliphatic rings. The van der Waals surface area contributed by atoms with Crippen LogP contribution < -0.4 is 0 Å². The van der Waals surface area contributed by atoms with Crippen LogP contribution in [0.2, 0.25) is 0 Å². The Bertz CT molecular complexity index is 372. The molecule has 0 saturated heterocycles. The second kappa shape index (κ2) is 3.43. The van der Waals surface area contributed by atoms with Crippen molar-refractivity contribution >= 4 is 12.1 Å². The number of halogens is 2. The van der Waals surface area contributed by atoms with E-state index in [1.54, 1.807) is 0 Å². The van der Waals surface area contributed by atoms with Crippen molar-refractivity contribution in [3.63, 3.8) is 0 Å². The largest absolute Gasteiger partial charge is 0.298 e. The van der Waals surface area contributed by atoms with Crippen molar-refractivity contribution < 1.29 is 18.4 Å². The molecule has 0 N–H and O–H groups in total. The van der Waals surface area contributed by atoms with E-state index in [4.69, 9.17) is 0 Å². The van der Waals surface area contributed by atoms with E-state index in [2.05, 4.69) is 0 Å². The van der Waals surface area contributed by atoms with Crippen LogP contribution >= 0.6 is 0 Å². The lowest BCUT2D eigenvalue weighted by atomic mass is 10.1. The second-order valence-corrected chi connectivity index (χ2v) is 2.50. The van der Waals surface area contributed by atoms with Gasteiger partial charge in [-0.3, -0.25) is 9.59 Å². The van der Waals surface area contributed by atoms with Gasteiger partial charge in [0, 0.05) is 0 Å². The molecule has 68 valence electrons. The summed E-state index contributed by atoms with van der Waals surface area (Å²) in [6.07, 6.45) is 0.197. The zero-order valence-corrected chi connectivity index (χ0v) is 6.80. The number of hydrogen-bond donors (Lipinski definition) is 0. The maximum atomic E-state index is 12.9. The number of hydrogen-bond acceptors (Lipinski definition) is 2. The Morgan fingerprint density at radius 1 is 1.31 bits per heavy atom. The Hall–Kier alpha value is -1.58. The monoisotopic (exact) mass is 184 g/mol. The van der Waals surface area contributed by atoms with Gasteiger partial charge in [0.05, 0.1) is 11.1 Å². The van der Waals surface area contributed by atoms with Gasteiger partial charge in [-0.2, -0.15) is 0 Å². The van der Waals surface area contributed by atoms with Crippen molar-refractivity contribution in [2.75, 3.05) is 0 Å². The molecule has 0 radical (unpaired) electrons. The van der Waals surface area contributed by atoms with E-state index in [0.717, 1.165) is 19.1 Å². The van der Waals surface area contributed by atoms with Crippen LogP contribution in [0.1, 0.15) is 27.6 Å². The van der Waals surface area contributed by atoms with Gasteiger partial charge in [-0.1, -0.05) is 0 Å². The number of aldehydes is 1. The summed E-state index contributed by atoms with van der Waals surface area (Å²) in [5.74, 6) is -3.12. The second-order valence-electron chi connectivity index (χ2n) is 2.50. The average Bonchev–Trinajstić information content (AvgIpc) is 2.09. The summed E-state index contributed by atoms with van der Waals surface area (Å²) in [5, 5.41) is 0. The third-order valence-corrected chi connectivity index (χ3v) is 1.62. The number of carbonyl (C=O) groups excluding carboxylic acids is 2. The highest BCUT2D eigenvalue weighted by Gasteiger charge is 2.15. The van der Waals surface area contributed by atoms with Crippen LogP contribution in [0.5, 0.6) is 0 Å². The summed E-state index contributed by atoms with van der Waals surface area (Å²) in [4.78, 5) is 20.9. The molecule has 1 aromatic rings. The fourth-order valence-corrected chi connectivity index (χ4v) is 0.927. The molecule has 0 heterocycles. The molecule has 2 nitrogen and oxygen atoms in total. The van der Waals surface area contributed by atoms with Crippen LogP contribution in [0.3, 0.4) is 0 Å². The lowest BCUT2D eigenvalue weighted by molar-refractivity contribution is 0.101. The number of rotatable bonds is 2. The van der Waals surface area contributed by atoms with Crippen molar-refractivity contribution in [3.8, 4) is 0 Å². The SMILES string of the molecule is CC(=O)c1ccc(C=O)c(F)c1F. The molecular weight excluding hydrogens is 178 g/mol. The van der Waals surface area contributed by atoms with Gasteiger partial charge >= 0.3 is 0 Å². The highest BCUT2D eigenvalue weighted by atomic mass is 19.2. The summed E-state index contributed by atoms with van der Waals surface area (Å²) in [7, 11) is 0. The molecule has 0 aliphatic carbocycles. The van der Waals surface area contributed by atoms with Gasteiger partial charge in [-0.05, 0) is 19.1 Å². The fourth-order valence-electron chi connectivity index (χ4n) is 0.927. The predicted octanol–water partition coefficient (Wildman–Crippen LogP) is 1.98. The third kappa shape index (κ3) is 1.61. The van der Waals surface area contributed by atoms with Crippen molar-refractivity contribution in [2.24, 2.45) is 0 Å². The molecule has 0 amide bonds. The van der Waals surface area contributed by atoms with Crippen LogP contribution in [0.4, 0.5) is 8.78 Å². The summed E-state index contributed by atoms with van der Waals surface area (Å²) in [6, 6.07) is 2.16. The first-order valence-corrected chi connectivity index (χ1v) is 3.52. The minimum atomic E-state index is -1.28. The first-order valence-electron chi connectivity index (χ1n) is 3.52. The van der Waals surface area contributed by atoms with Crippen LogP contribution in [0.25, 0.3) is 0 Å². The molecular formula is C9H6F2O2. The summed E-state index contributed by atoms with van der Waals surface area (Å²) >= 11 is 0. The van der Waals surface area contributed by atoms with E-state index in [0.29, 0.717) is 0 Å².